The van der Waals surface area contributed by atoms with E-state index in [1.807, 2.05) is 22.9 Å². The maximum Gasteiger partial charge on any atom is 0.333 e. The zero-order valence-electron chi connectivity index (χ0n) is 11.5. The van der Waals surface area contributed by atoms with E-state index >= 15 is 0 Å². The molecular formula is C16H15NO3S. The maximum atomic E-state index is 11.9. The fourth-order valence-electron chi connectivity index (χ4n) is 1.77. The van der Waals surface area contributed by atoms with Crippen molar-refractivity contribution < 1.29 is 14.3 Å². The van der Waals surface area contributed by atoms with Crippen LogP contribution in [0, 0.1) is 0 Å². The molecule has 0 fully saturated rings. The summed E-state index contributed by atoms with van der Waals surface area (Å²) in [6, 6.07) is 10.1. The molecule has 0 bridgehead atoms. The zero-order chi connectivity index (χ0) is 15.1. The minimum absolute atomic E-state index is 0.347. The monoisotopic (exact) mass is 301 g/mol. The third kappa shape index (κ3) is 4.29. The van der Waals surface area contributed by atoms with Gasteiger partial charge in [-0.25, -0.2) is 4.79 Å². The van der Waals surface area contributed by atoms with Gasteiger partial charge in [0.25, 0.3) is 0 Å². The lowest BCUT2D eigenvalue weighted by atomic mass is 10.1. The molecule has 1 N–H and O–H groups in total. The Kier molecular flexibility index (Phi) is 5.29. The molecule has 2 aromatic rings. The Bertz CT molecular complexity index is 620. The van der Waals surface area contributed by atoms with Gasteiger partial charge < -0.3 is 10.1 Å². The highest BCUT2D eigenvalue weighted by Crippen LogP contribution is 2.14. The van der Waals surface area contributed by atoms with Gasteiger partial charge in [-0.3, -0.25) is 4.79 Å². The number of methoxy groups -OCH3 is 1. The van der Waals surface area contributed by atoms with Gasteiger partial charge in [0.1, 0.15) is 0 Å². The first-order valence-electron chi connectivity index (χ1n) is 6.34. The molecule has 0 aliphatic rings. The molecular weight excluding hydrogens is 286 g/mol. The van der Waals surface area contributed by atoms with Crippen molar-refractivity contribution in [2.45, 2.75) is 6.04 Å². The van der Waals surface area contributed by atoms with Gasteiger partial charge in [0.05, 0.1) is 7.11 Å². The molecule has 0 saturated heterocycles. The van der Waals surface area contributed by atoms with Crippen molar-refractivity contribution in [1.29, 1.82) is 0 Å². The molecule has 21 heavy (non-hydrogen) atoms. The molecule has 1 heterocycles. The van der Waals surface area contributed by atoms with Crippen molar-refractivity contribution in [1.82, 2.24) is 5.32 Å². The Morgan fingerprint density at radius 2 is 2.00 bits per heavy atom. The summed E-state index contributed by atoms with van der Waals surface area (Å²) in [5, 5.41) is 6.51. The highest BCUT2D eigenvalue weighted by atomic mass is 32.1. The molecule has 0 spiro atoms. The summed E-state index contributed by atoms with van der Waals surface area (Å²) in [6.07, 6.45) is 3.10. The highest BCUT2D eigenvalue weighted by molar-refractivity contribution is 7.08. The van der Waals surface area contributed by atoms with Gasteiger partial charge in [-0.05, 0) is 34.0 Å². The SMILES string of the molecule is COC(=O)C(NC(=O)/C=C/c1ccsc1)c1ccccc1. The van der Waals surface area contributed by atoms with Crippen molar-refractivity contribution in [2.24, 2.45) is 0 Å². The molecule has 0 aliphatic carbocycles. The molecule has 1 aromatic carbocycles. The van der Waals surface area contributed by atoms with Gasteiger partial charge in [-0.15, -0.1) is 0 Å². The average molecular weight is 301 g/mol. The van der Waals surface area contributed by atoms with Gasteiger partial charge in [0.2, 0.25) is 5.91 Å². The van der Waals surface area contributed by atoms with Crippen molar-refractivity contribution in [2.75, 3.05) is 7.11 Å². The molecule has 4 nitrogen and oxygen atoms in total. The Balaban J connectivity index is 2.08. The first-order chi connectivity index (χ1) is 10.2. The van der Waals surface area contributed by atoms with Crippen molar-refractivity contribution >= 4 is 29.3 Å². The van der Waals surface area contributed by atoms with E-state index in [1.54, 1.807) is 41.7 Å². The third-order valence-corrected chi connectivity index (χ3v) is 3.53. The van der Waals surface area contributed by atoms with Crippen LogP contribution in [-0.2, 0) is 14.3 Å². The molecule has 108 valence electrons. The number of thiophene rings is 1. The van der Waals surface area contributed by atoms with E-state index in [4.69, 9.17) is 4.74 Å². The van der Waals surface area contributed by atoms with Crippen LogP contribution in [0.4, 0.5) is 0 Å². The summed E-state index contributed by atoms with van der Waals surface area (Å²) in [5.74, 6) is -0.848. The summed E-state index contributed by atoms with van der Waals surface area (Å²) in [6.45, 7) is 0. The predicted octanol–water partition coefficient (Wildman–Crippen LogP) is 2.79. The van der Waals surface area contributed by atoms with E-state index in [1.165, 1.54) is 13.2 Å². The number of hydrogen-bond donors (Lipinski definition) is 1. The summed E-state index contributed by atoms with van der Waals surface area (Å²) in [7, 11) is 1.30. The molecule has 2 rings (SSSR count). The number of carbonyl (C=O) groups excluding carboxylic acids is 2. The summed E-state index contributed by atoms with van der Waals surface area (Å²) >= 11 is 1.55. The van der Waals surface area contributed by atoms with E-state index in [0.717, 1.165) is 5.56 Å². The molecule has 0 saturated carbocycles. The molecule has 1 aromatic heterocycles. The molecule has 0 aliphatic heterocycles. The first kappa shape index (κ1) is 15.0. The average Bonchev–Trinajstić information content (AvgIpc) is 3.04. The molecule has 0 radical (unpaired) electrons. The lowest BCUT2D eigenvalue weighted by Gasteiger charge is -2.15. The quantitative estimate of drug-likeness (QED) is 0.682. The van der Waals surface area contributed by atoms with Gasteiger partial charge >= 0.3 is 5.97 Å². The van der Waals surface area contributed by atoms with Gasteiger partial charge in [-0.2, -0.15) is 11.3 Å². The third-order valence-electron chi connectivity index (χ3n) is 2.83. The second-order valence-electron chi connectivity index (χ2n) is 4.27. The largest absolute Gasteiger partial charge is 0.467 e. The van der Waals surface area contributed by atoms with Crippen LogP contribution < -0.4 is 5.32 Å². The molecule has 1 atom stereocenters. The molecule has 1 unspecified atom stereocenters. The number of benzene rings is 1. The van der Waals surface area contributed by atoms with Crippen LogP contribution >= 0.6 is 11.3 Å². The number of carbonyl (C=O) groups is 2. The van der Waals surface area contributed by atoms with Gasteiger partial charge in [0, 0.05) is 6.08 Å². The lowest BCUT2D eigenvalue weighted by molar-refractivity contribution is -0.144. The van der Waals surface area contributed by atoms with Crippen LogP contribution in [-0.4, -0.2) is 19.0 Å². The van der Waals surface area contributed by atoms with Crippen LogP contribution in [0.25, 0.3) is 6.08 Å². The van der Waals surface area contributed by atoms with Crippen molar-refractivity contribution in [3.8, 4) is 0 Å². The second-order valence-corrected chi connectivity index (χ2v) is 5.05. The Labute approximate surface area is 127 Å². The minimum Gasteiger partial charge on any atom is -0.467 e. The molecule has 5 heteroatoms. The lowest BCUT2D eigenvalue weighted by Crippen LogP contribution is -2.33. The minimum atomic E-state index is -0.809. The second kappa shape index (κ2) is 7.40. The smallest absolute Gasteiger partial charge is 0.333 e. The fourth-order valence-corrected chi connectivity index (χ4v) is 2.40. The van der Waals surface area contributed by atoms with Gasteiger partial charge in [0.15, 0.2) is 6.04 Å². The number of ether oxygens (including phenoxy) is 1. The number of rotatable bonds is 5. The summed E-state index contributed by atoms with van der Waals surface area (Å²) < 4.78 is 4.74. The van der Waals surface area contributed by atoms with E-state index in [0.29, 0.717) is 5.56 Å². The maximum absolute atomic E-state index is 11.9. The van der Waals surface area contributed by atoms with E-state index in [-0.39, 0.29) is 5.91 Å². The standard InChI is InChI=1S/C16H15NO3S/c1-20-16(19)15(13-5-3-2-4-6-13)17-14(18)8-7-12-9-10-21-11-12/h2-11,15H,1H3,(H,17,18)/b8-7+. The predicted molar refractivity (Wildman–Crippen MR) is 82.7 cm³/mol. The van der Waals surface area contributed by atoms with Crippen LogP contribution in [0.1, 0.15) is 17.2 Å². The van der Waals surface area contributed by atoms with E-state index < -0.39 is 12.0 Å². The van der Waals surface area contributed by atoms with E-state index in [2.05, 4.69) is 5.32 Å². The Morgan fingerprint density at radius 1 is 1.24 bits per heavy atom. The number of hydrogen-bond acceptors (Lipinski definition) is 4. The highest BCUT2D eigenvalue weighted by Gasteiger charge is 2.22. The number of esters is 1. The molecule has 1 amide bonds. The zero-order valence-corrected chi connectivity index (χ0v) is 12.3. The van der Waals surface area contributed by atoms with Crippen LogP contribution in [0.15, 0.2) is 53.2 Å². The number of amides is 1. The van der Waals surface area contributed by atoms with Crippen LogP contribution in [0.5, 0.6) is 0 Å². The summed E-state index contributed by atoms with van der Waals surface area (Å²) in [4.78, 5) is 23.8. The first-order valence-corrected chi connectivity index (χ1v) is 7.28. The Hall–Kier alpha value is -2.40. The van der Waals surface area contributed by atoms with Gasteiger partial charge in [-0.1, -0.05) is 30.3 Å². The van der Waals surface area contributed by atoms with Crippen LogP contribution in [0.2, 0.25) is 0 Å². The topological polar surface area (TPSA) is 55.4 Å². The fraction of sp³-hybridized carbons (Fsp3) is 0.125. The van der Waals surface area contributed by atoms with Crippen molar-refractivity contribution in [3.63, 3.8) is 0 Å². The van der Waals surface area contributed by atoms with Crippen molar-refractivity contribution in [3.05, 3.63) is 64.4 Å². The Morgan fingerprint density at radius 3 is 2.62 bits per heavy atom. The number of nitrogens with one attached hydrogen (secondary N) is 1. The van der Waals surface area contributed by atoms with Crippen LogP contribution in [0.3, 0.4) is 0 Å². The normalized spacial score (nSPS) is 12.0. The van der Waals surface area contributed by atoms with E-state index in [9.17, 15) is 9.59 Å². The summed E-state index contributed by atoms with van der Waals surface area (Å²) in [5.41, 5.74) is 1.63.